The Morgan fingerprint density at radius 1 is 1.28 bits per heavy atom. The second-order valence-corrected chi connectivity index (χ2v) is 7.86. The molecule has 1 N–H and O–H groups in total. The first kappa shape index (κ1) is 23.8. The van der Waals surface area contributed by atoms with E-state index in [1.165, 1.54) is 19.4 Å². The van der Waals surface area contributed by atoms with E-state index < -0.39 is 18.2 Å². The molecule has 2 aromatic rings. The molecule has 1 saturated carbocycles. The highest BCUT2D eigenvalue weighted by Crippen LogP contribution is 2.33. The molecule has 32 heavy (non-hydrogen) atoms. The van der Waals surface area contributed by atoms with Gasteiger partial charge in [0.25, 0.3) is 5.91 Å². The van der Waals surface area contributed by atoms with Crippen LogP contribution in [0.15, 0.2) is 41.7 Å². The third-order valence-electron chi connectivity index (χ3n) is 5.11. The van der Waals surface area contributed by atoms with Crippen molar-refractivity contribution in [1.82, 2.24) is 10.3 Å². The number of nitrogens with zero attached hydrogens (tertiary/aromatic N) is 2. The van der Waals surface area contributed by atoms with Gasteiger partial charge < -0.3 is 14.9 Å². The molecule has 6 nitrogen and oxygen atoms in total. The SMILES string of the molecule is CON=C1CCCC[C@@H]1NC(=O)c1cnc(O[C@@H](C)C(F)(F)F)c(-c2ccc(Cl)cc2)c1. The molecular formula is C22H23ClF3N3O3. The topological polar surface area (TPSA) is 72.8 Å². The van der Waals surface area contributed by atoms with Gasteiger partial charge in [-0.25, -0.2) is 4.98 Å². The van der Waals surface area contributed by atoms with Gasteiger partial charge in [0.15, 0.2) is 6.10 Å². The Morgan fingerprint density at radius 3 is 2.66 bits per heavy atom. The van der Waals surface area contributed by atoms with Crippen LogP contribution in [-0.2, 0) is 4.84 Å². The van der Waals surface area contributed by atoms with Gasteiger partial charge in [-0.1, -0.05) is 35.3 Å². The van der Waals surface area contributed by atoms with Gasteiger partial charge >= 0.3 is 6.18 Å². The molecule has 3 rings (SSSR count). The summed E-state index contributed by atoms with van der Waals surface area (Å²) in [5.41, 5.74) is 1.70. The van der Waals surface area contributed by atoms with E-state index in [0.29, 0.717) is 10.6 Å². The van der Waals surface area contributed by atoms with E-state index in [-0.39, 0.29) is 23.0 Å². The van der Waals surface area contributed by atoms with Crippen LogP contribution in [0.4, 0.5) is 13.2 Å². The number of rotatable bonds is 6. The Labute approximate surface area is 188 Å². The zero-order valence-corrected chi connectivity index (χ0v) is 18.3. The van der Waals surface area contributed by atoms with Crippen LogP contribution in [0.1, 0.15) is 43.0 Å². The van der Waals surface area contributed by atoms with Crippen molar-refractivity contribution in [3.05, 3.63) is 47.1 Å². The van der Waals surface area contributed by atoms with Gasteiger partial charge in [-0.2, -0.15) is 13.2 Å². The second-order valence-electron chi connectivity index (χ2n) is 7.42. The molecule has 172 valence electrons. The number of amides is 1. The van der Waals surface area contributed by atoms with Crippen LogP contribution < -0.4 is 10.1 Å². The Morgan fingerprint density at radius 2 is 2.00 bits per heavy atom. The minimum absolute atomic E-state index is 0.185. The van der Waals surface area contributed by atoms with Crippen LogP contribution >= 0.6 is 11.6 Å². The summed E-state index contributed by atoms with van der Waals surface area (Å²) in [5, 5.41) is 7.37. The molecule has 10 heteroatoms. The number of aromatic nitrogens is 1. The summed E-state index contributed by atoms with van der Waals surface area (Å²) in [6, 6.07) is 7.61. The molecular weight excluding hydrogens is 447 g/mol. The first-order valence-corrected chi connectivity index (χ1v) is 10.5. The van der Waals surface area contributed by atoms with E-state index in [2.05, 4.69) is 15.5 Å². The number of benzene rings is 1. The van der Waals surface area contributed by atoms with E-state index in [1.807, 2.05) is 0 Å². The molecule has 0 bridgehead atoms. The zero-order valence-electron chi connectivity index (χ0n) is 17.6. The Kier molecular flexibility index (Phi) is 7.60. The fourth-order valence-electron chi connectivity index (χ4n) is 3.36. The summed E-state index contributed by atoms with van der Waals surface area (Å²) >= 11 is 5.93. The van der Waals surface area contributed by atoms with E-state index in [9.17, 15) is 18.0 Å². The third-order valence-corrected chi connectivity index (χ3v) is 5.36. The number of oxime groups is 1. The molecule has 0 spiro atoms. The maximum absolute atomic E-state index is 13.0. The van der Waals surface area contributed by atoms with Crippen LogP contribution in [0.3, 0.4) is 0 Å². The van der Waals surface area contributed by atoms with Gasteiger partial charge in [-0.05, 0) is 49.9 Å². The van der Waals surface area contributed by atoms with Crippen molar-refractivity contribution in [2.24, 2.45) is 5.16 Å². The van der Waals surface area contributed by atoms with Gasteiger partial charge in [-0.15, -0.1) is 0 Å². The number of hydrogen-bond donors (Lipinski definition) is 1. The Bertz CT molecular complexity index is 981. The minimum Gasteiger partial charge on any atom is -0.465 e. The smallest absolute Gasteiger partial charge is 0.425 e. The molecule has 1 aliphatic carbocycles. The lowest BCUT2D eigenvalue weighted by Crippen LogP contribution is -2.42. The second kappa shape index (κ2) is 10.2. The van der Waals surface area contributed by atoms with E-state index >= 15 is 0 Å². The lowest BCUT2D eigenvalue weighted by atomic mass is 9.93. The van der Waals surface area contributed by atoms with Gasteiger partial charge in [0.2, 0.25) is 5.88 Å². The lowest BCUT2D eigenvalue weighted by Gasteiger charge is -2.24. The number of nitrogens with one attached hydrogen (secondary N) is 1. The largest absolute Gasteiger partial charge is 0.465 e. The summed E-state index contributed by atoms with van der Waals surface area (Å²) in [4.78, 5) is 21.8. The molecule has 0 saturated heterocycles. The van der Waals surface area contributed by atoms with Crippen LogP contribution in [0, 0.1) is 0 Å². The predicted octanol–water partition coefficient (Wildman–Crippen LogP) is 5.41. The third kappa shape index (κ3) is 5.91. The molecule has 1 heterocycles. The number of hydrogen-bond acceptors (Lipinski definition) is 5. The fraction of sp³-hybridized carbons (Fsp3) is 0.409. The van der Waals surface area contributed by atoms with Crippen molar-refractivity contribution in [3.63, 3.8) is 0 Å². The van der Waals surface area contributed by atoms with Crippen LogP contribution in [0.2, 0.25) is 5.02 Å². The maximum Gasteiger partial charge on any atom is 0.425 e. The monoisotopic (exact) mass is 469 g/mol. The molecule has 1 amide bonds. The average molecular weight is 470 g/mol. The Hall–Kier alpha value is -2.81. The number of carbonyl (C=O) groups excluding carboxylic acids is 1. The first-order valence-electron chi connectivity index (χ1n) is 10.1. The number of pyridine rings is 1. The maximum atomic E-state index is 13.0. The first-order chi connectivity index (χ1) is 15.2. The normalized spacial score (nSPS) is 18.8. The van der Waals surface area contributed by atoms with E-state index in [0.717, 1.165) is 38.3 Å². The summed E-state index contributed by atoms with van der Waals surface area (Å²) in [6.45, 7) is 0.897. The molecule has 0 unspecified atom stereocenters. The molecule has 1 aliphatic rings. The van der Waals surface area contributed by atoms with Crippen molar-refractivity contribution >= 4 is 23.2 Å². The quantitative estimate of drug-likeness (QED) is 0.574. The van der Waals surface area contributed by atoms with Gasteiger partial charge in [-0.3, -0.25) is 4.79 Å². The highest BCUT2D eigenvalue weighted by molar-refractivity contribution is 6.30. The van der Waals surface area contributed by atoms with Crippen molar-refractivity contribution in [2.75, 3.05) is 7.11 Å². The summed E-state index contributed by atoms with van der Waals surface area (Å²) in [5.74, 6) is -0.646. The number of halogens is 4. The van der Waals surface area contributed by atoms with Crippen molar-refractivity contribution in [3.8, 4) is 17.0 Å². The van der Waals surface area contributed by atoms with E-state index in [1.54, 1.807) is 24.3 Å². The van der Waals surface area contributed by atoms with Crippen LogP contribution in [-0.4, -0.2) is 42.0 Å². The number of alkyl halides is 3. The van der Waals surface area contributed by atoms with E-state index in [4.69, 9.17) is 21.2 Å². The molecule has 1 aromatic heterocycles. The molecule has 0 aliphatic heterocycles. The predicted molar refractivity (Wildman–Crippen MR) is 115 cm³/mol. The van der Waals surface area contributed by atoms with Gasteiger partial charge in [0, 0.05) is 16.8 Å². The standard InChI is InChI=1S/C22H23ClF3N3O3/c1-13(22(24,25)26)32-21-17(14-7-9-16(23)10-8-14)11-15(12-27-21)20(30)28-18-5-3-4-6-19(18)29-31-2/h7-13,18H,3-6H2,1-2H3,(H,28,30)/t13-,18-/m0/s1. The minimum atomic E-state index is -4.56. The summed E-state index contributed by atoms with van der Waals surface area (Å²) in [6.07, 6.45) is -2.11. The van der Waals surface area contributed by atoms with Crippen molar-refractivity contribution in [1.29, 1.82) is 0 Å². The van der Waals surface area contributed by atoms with Crippen molar-refractivity contribution in [2.45, 2.75) is 50.9 Å². The number of ether oxygens (including phenoxy) is 1. The summed E-state index contributed by atoms with van der Waals surface area (Å²) in [7, 11) is 1.45. The van der Waals surface area contributed by atoms with Crippen LogP contribution in [0.5, 0.6) is 5.88 Å². The Balaban J connectivity index is 1.91. The average Bonchev–Trinajstić information content (AvgIpc) is 2.75. The molecule has 1 fully saturated rings. The number of carbonyl (C=O) groups is 1. The molecule has 2 atom stereocenters. The summed E-state index contributed by atoms with van der Waals surface area (Å²) < 4.78 is 44.2. The van der Waals surface area contributed by atoms with Crippen LogP contribution in [0.25, 0.3) is 11.1 Å². The zero-order chi connectivity index (χ0) is 23.3. The van der Waals surface area contributed by atoms with Gasteiger partial charge in [0.1, 0.15) is 7.11 Å². The molecule has 0 radical (unpaired) electrons. The highest BCUT2D eigenvalue weighted by Gasteiger charge is 2.38. The fourth-order valence-corrected chi connectivity index (χ4v) is 3.49. The van der Waals surface area contributed by atoms with Gasteiger partial charge in [0.05, 0.1) is 17.3 Å². The highest BCUT2D eigenvalue weighted by atomic mass is 35.5. The van der Waals surface area contributed by atoms with Crippen molar-refractivity contribution < 1.29 is 27.5 Å². The molecule has 1 aromatic carbocycles. The lowest BCUT2D eigenvalue weighted by molar-refractivity contribution is -0.189.